The minimum atomic E-state index is -1.36. The zero-order chi connectivity index (χ0) is 21.0. The van der Waals surface area contributed by atoms with E-state index < -0.39 is 18.6 Å². The Labute approximate surface area is 171 Å². The fourth-order valence-electron chi connectivity index (χ4n) is 5.03. The molecule has 1 aromatic heterocycles. The maximum atomic E-state index is 12.0. The van der Waals surface area contributed by atoms with Gasteiger partial charge >= 0.3 is 13.1 Å². The van der Waals surface area contributed by atoms with Crippen LogP contribution in [0.3, 0.4) is 0 Å². The van der Waals surface area contributed by atoms with E-state index >= 15 is 0 Å². The van der Waals surface area contributed by atoms with Gasteiger partial charge in [-0.1, -0.05) is 12.8 Å². The van der Waals surface area contributed by atoms with Gasteiger partial charge in [-0.25, -0.2) is 0 Å². The zero-order valence-corrected chi connectivity index (χ0v) is 16.8. The molecule has 0 amide bonds. The van der Waals surface area contributed by atoms with Crippen molar-refractivity contribution in [3.05, 3.63) is 33.7 Å². The molecule has 2 atom stereocenters. The number of carboxylic acid groups (broad SMARTS) is 1. The SMILES string of the molecule is NC(CCCCB(O)O)(C(=O)O)C1CCN(C2CCCc3cc(=O)[nH]cc32)CC1. The highest BCUT2D eigenvalue weighted by Crippen LogP contribution is 2.38. The smallest absolute Gasteiger partial charge is 0.451 e. The number of rotatable bonds is 8. The molecule has 3 rings (SSSR count). The molecule has 2 heterocycles. The van der Waals surface area contributed by atoms with E-state index in [4.69, 9.17) is 15.8 Å². The van der Waals surface area contributed by atoms with E-state index in [9.17, 15) is 14.7 Å². The van der Waals surface area contributed by atoms with Crippen molar-refractivity contribution in [2.75, 3.05) is 13.1 Å². The van der Waals surface area contributed by atoms with Crippen LogP contribution in [0, 0.1) is 5.92 Å². The van der Waals surface area contributed by atoms with Crippen LogP contribution in [0.15, 0.2) is 17.1 Å². The van der Waals surface area contributed by atoms with E-state index in [2.05, 4.69) is 9.88 Å². The summed E-state index contributed by atoms with van der Waals surface area (Å²) >= 11 is 0. The average Bonchev–Trinajstić information content (AvgIpc) is 2.70. The average molecular weight is 405 g/mol. The molecule has 0 bridgehead atoms. The quantitative estimate of drug-likeness (QED) is 0.320. The Morgan fingerprint density at radius 1 is 1.28 bits per heavy atom. The Kier molecular flexibility index (Phi) is 7.16. The number of hydrogen-bond acceptors (Lipinski definition) is 6. The third kappa shape index (κ3) is 5.09. The maximum absolute atomic E-state index is 12.0. The number of H-pyrrole nitrogens is 1. The van der Waals surface area contributed by atoms with E-state index in [0.717, 1.165) is 50.8 Å². The number of piperidine rings is 1. The number of nitrogens with two attached hydrogens (primary N) is 1. The van der Waals surface area contributed by atoms with E-state index in [-0.39, 0.29) is 23.8 Å². The summed E-state index contributed by atoms with van der Waals surface area (Å²) in [6, 6.07) is 1.96. The summed E-state index contributed by atoms with van der Waals surface area (Å²) in [5.74, 6) is -1.07. The molecule has 160 valence electrons. The lowest BCUT2D eigenvalue weighted by atomic mass is 9.73. The van der Waals surface area contributed by atoms with Crippen LogP contribution < -0.4 is 11.3 Å². The minimum Gasteiger partial charge on any atom is -0.480 e. The molecule has 0 saturated carbocycles. The molecule has 1 fully saturated rings. The molecule has 2 aliphatic rings. The lowest BCUT2D eigenvalue weighted by Gasteiger charge is -2.44. The van der Waals surface area contributed by atoms with Crippen LogP contribution in [0.1, 0.15) is 62.1 Å². The molecule has 9 heteroatoms. The van der Waals surface area contributed by atoms with Crippen LogP contribution in [-0.4, -0.2) is 56.8 Å². The molecular weight excluding hydrogens is 373 g/mol. The number of fused-ring (bicyclic) bond motifs is 1. The number of carbonyl (C=O) groups is 1. The fourth-order valence-corrected chi connectivity index (χ4v) is 5.03. The summed E-state index contributed by atoms with van der Waals surface area (Å²) < 4.78 is 0. The van der Waals surface area contributed by atoms with Gasteiger partial charge in [0.2, 0.25) is 5.56 Å². The van der Waals surface area contributed by atoms with Crippen molar-refractivity contribution in [1.29, 1.82) is 0 Å². The van der Waals surface area contributed by atoms with Crippen molar-refractivity contribution < 1.29 is 19.9 Å². The molecule has 1 aliphatic carbocycles. The Morgan fingerprint density at radius 3 is 2.66 bits per heavy atom. The van der Waals surface area contributed by atoms with Gasteiger partial charge < -0.3 is 25.9 Å². The van der Waals surface area contributed by atoms with Crippen molar-refractivity contribution in [3.8, 4) is 0 Å². The van der Waals surface area contributed by atoms with Crippen molar-refractivity contribution in [2.45, 2.75) is 69.3 Å². The monoisotopic (exact) mass is 405 g/mol. The number of aromatic amines is 1. The number of nitrogens with zero attached hydrogens (tertiary/aromatic N) is 1. The molecule has 6 N–H and O–H groups in total. The number of carboxylic acids is 1. The van der Waals surface area contributed by atoms with Crippen LogP contribution in [-0.2, 0) is 11.2 Å². The van der Waals surface area contributed by atoms with E-state index in [0.29, 0.717) is 19.3 Å². The normalized spacial score (nSPS) is 22.7. The summed E-state index contributed by atoms with van der Waals surface area (Å²) in [4.78, 5) is 28.8. The number of pyridine rings is 1. The Bertz CT molecular complexity index is 763. The summed E-state index contributed by atoms with van der Waals surface area (Å²) in [6.45, 7) is 1.57. The topological polar surface area (TPSA) is 140 Å². The van der Waals surface area contributed by atoms with E-state index in [1.54, 1.807) is 6.07 Å². The maximum Gasteiger partial charge on any atom is 0.451 e. The second-order valence-corrected chi connectivity index (χ2v) is 8.57. The first-order valence-corrected chi connectivity index (χ1v) is 10.6. The molecule has 8 nitrogen and oxygen atoms in total. The molecule has 0 radical (unpaired) electrons. The number of nitrogens with one attached hydrogen (secondary N) is 1. The Balaban J connectivity index is 1.62. The summed E-state index contributed by atoms with van der Waals surface area (Å²) in [5, 5.41) is 27.7. The highest BCUT2D eigenvalue weighted by molar-refractivity contribution is 6.40. The third-order valence-corrected chi connectivity index (χ3v) is 6.73. The summed E-state index contributed by atoms with van der Waals surface area (Å²) in [5.41, 5.74) is 7.34. The van der Waals surface area contributed by atoms with Crippen molar-refractivity contribution in [3.63, 3.8) is 0 Å². The van der Waals surface area contributed by atoms with Crippen LogP contribution in [0.25, 0.3) is 0 Å². The van der Waals surface area contributed by atoms with Crippen LogP contribution >= 0.6 is 0 Å². The number of aromatic nitrogens is 1. The first-order chi connectivity index (χ1) is 13.8. The summed E-state index contributed by atoms with van der Waals surface area (Å²) in [7, 11) is -1.36. The second kappa shape index (κ2) is 9.42. The van der Waals surface area contributed by atoms with E-state index in [1.807, 2.05) is 6.20 Å². The van der Waals surface area contributed by atoms with Gasteiger partial charge in [-0.3, -0.25) is 14.5 Å². The number of aliphatic carboxylic acids is 1. The highest BCUT2D eigenvalue weighted by atomic mass is 16.4. The second-order valence-electron chi connectivity index (χ2n) is 8.57. The largest absolute Gasteiger partial charge is 0.480 e. The van der Waals surface area contributed by atoms with Gasteiger partial charge in [0.1, 0.15) is 5.54 Å². The van der Waals surface area contributed by atoms with Crippen molar-refractivity contribution in [1.82, 2.24) is 9.88 Å². The number of likely N-dealkylation sites (tertiary alicyclic amines) is 1. The Morgan fingerprint density at radius 2 is 2.00 bits per heavy atom. The van der Waals surface area contributed by atoms with Crippen LogP contribution in [0.4, 0.5) is 0 Å². The molecule has 0 aromatic carbocycles. The molecule has 2 unspecified atom stereocenters. The first-order valence-electron chi connectivity index (χ1n) is 10.6. The Hall–Kier alpha value is -1.68. The lowest BCUT2D eigenvalue weighted by molar-refractivity contribution is -0.147. The molecule has 1 saturated heterocycles. The van der Waals surface area contributed by atoms with Gasteiger partial charge in [-0.05, 0) is 75.0 Å². The van der Waals surface area contributed by atoms with Gasteiger partial charge in [-0.2, -0.15) is 0 Å². The standard InChI is InChI=1S/C20H32BN3O5/c22-20(19(26)27,8-1-2-9-21(28)29)15-6-10-24(11-7-15)17-5-3-4-14-12-18(25)23-13-16(14)17/h12-13,15,17,28-29H,1-11,22H2,(H,23,25)(H,26,27). The molecule has 1 aromatic rings. The highest BCUT2D eigenvalue weighted by Gasteiger charge is 2.43. The van der Waals surface area contributed by atoms with Crippen molar-refractivity contribution in [2.24, 2.45) is 11.7 Å². The van der Waals surface area contributed by atoms with Crippen LogP contribution in [0.5, 0.6) is 0 Å². The lowest BCUT2D eigenvalue weighted by Crippen LogP contribution is -2.57. The first kappa shape index (κ1) is 22.0. The van der Waals surface area contributed by atoms with Gasteiger partial charge in [0.05, 0.1) is 0 Å². The number of hydrogen-bond donors (Lipinski definition) is 5. The number of unbranched alkanes of at least 4 members (excludes halogenated alkanes) is 1. The minimum absolute atomic E-state index is 0.0637. The molecule has 29 heavy (non-hydrogen) atoms. The molecule has 0 spiro atoms. The van der Waals surface area contributed by atoms with Gasteiger partial charge in [0.25, 0.3) is 0 Å². The predicted octanol–water partition coefficient (Wildman–Crippen LogP) is 0.889. The molecule has 1 aliphatic heterocycles. The van der Waals surface area contributed by atoms with Crippen LogP contribution in [0.2, 0.25) is 6.32 Å². The van der Waals surface area contributed by atoms with E-state index in [1.165, 1.54) is 5.56 Å². The predicted molar refractivity (Wildman–Crippen MR) is 110 cm³/mol. The van der Waals surface area contributed by atoms with Gasteiger partial charge in [0, 0.05) is 18.3 Å². The fraction of sp³-hybridized carbons (Fsp3) is 0.700. The molecular formula is C20H32BN3O5. The third-order valence-electron chi connectivity index (χ3n) is 6.73. The van der Waals surface area contributed by atoms with Gasteiger partial charge in [-0.15, -0.1) is 0 Å². The zero-order valence-electron chi connectivity index (χ0n) is 16.8. The summed E-state index contributed by atoms with van der Waals surface area (Å²) in [6.07, 6.45) is 7.98. The number of aryl methyl sites for hydroxylation is 1. The van der Waals surface area contributed by atoms with Crippen molar-refractivity contribution >= 4 is 13.1 Å². The van der Waals surface area contributed by atoms with Gasteiger partial charge in [0.15, 0.2) is 0 Å².